The Morgan fingerprint density at radius 1 is 1.58 bits per heavy atom. The summed E-state index contributed by atoms with van der Waals surface area (Å²) < 4.78 is 0. The molecule has 0 N–H and O–H groups in total. The molecule has 0 atom stereocenters. The lowest BCUT2D eigenvalue weighted by atomic mass is 10.2. The molecule has 0 unspecified atom stereocenters. The van der Waals surface area contributed by atoms with Gasteiger partial charge in [-0.3, -0.25) is 9.78 Å². The van der Waals surface area contributed by atoms with E-state index in [1.807, 2.05) is 0 Å². The lowest BCUT2D eigenvalue weighted by Gasteiger charge is -2.07. The average Bonchev–Trinajstić information content (AvgIpc) is 2.33. The van der Waals surface area contributed by atoms with E-state index in [1.165, 1.54) is 4.90 Å². The molecule has 0 saturated carbocycles. The van der Waals surface area contributed by atoms with Gasteiger partial charge in [0, 0.05) is 13.2 Å². The van der Waals surface area contributed by atoms with Gasteiger partial charge in [-0.1, -0.05) is 6.58 Å². The van der Waals surface area contributed by atoms with E-state index < -0.39 is 0 Å². The van der Waals surface area contributed by atoms with Crippen LogP contribution >= 0.6 is 0 Å². The molecule has 0 bridgehead atoms. The minimum absolute atomic E-state index is 0.0249. The van der Waals surface area contributed by atoms with E-state index in [1.54, 1.807) is 25.4 Å². The van der Waals surface area contributed by atoms with Crippen LogP contribution in [0.25, 0.3) is 5.70 Å². The Morgan fingerprint density at radius 3 is 3.00 bits per heavy atom. The summed E-state index contributed by atoms with van der Waals surface area (Å²) in [5, 5.41) is 0. The van der Waals surface area contributed by atoms with Gasteiger partial charge < -0.3 is 4.90 Å². The van der Waals surface area contributed by atoms with Crippen molar-refractivity contribution < 1.29 is 4.79 Å². The zero-order valence-corrected chi connectivity index (χ0v) is 6.74. The van der Waals surface area contributed by atoms with Crippen LogP contribution < -0.4 is 0 Å². The third kappa shape index (κ3) is 0.704. The Bertz CT molecular complexity index is 336. The summed E-state index contributed by atoms with van der Waals surface area (Å²) in [6.07, 6.45) is 1.66. The number of hydrogen-bond donors (Lipinski definition) is 0. The zero-order valence-electron chi connectivity index (χ0n) is 6.74. The van der Waals surface area contributed by atoms with Crippen molar-refractivity contribution in [2.24, 2.45) is 0 Å². The van der Waals surface area contributed by atoms with Gasteiger partial charge in [0.05, 0.1) is 17.0 Å². The van der Waals surface area contributed by atoms with Crippen LogP contribution in [0.4, 0.5) is 0 Å². The second-order valence-corrected chi connectivity index (χ2v) is 2.71. The van der Waals surface area contributed by atoms with Crippen LogP contribution in [-0.4, -0.2) is 22.8 Å². The molecule has 3 nitrogen and oxygen atoms in total. The predicted octanol–water partition coefficient (Wildman–Crippen LogP) is 1.14. The first-order valence-corrected chi connectivity index (χ1v) is 3.64. The van der Waals surface area contributed by atoms with Crippen molar-refractivity contribution in [3.63, 3.8) is 0 Å². The molecule has 3 heteroatoms. The molecule has 1 aromatic rings. The smallest absolute Gasteiger partial charge is 0.260 e. The standard InChI is InChI=1S/C9H8N2O/c1-6-8-7(4-3-5-10-8)9(12)11(6)2/h3-5H,1H2,2H3. The van der Waals surface area contributed by atoms with Gasteiger partial charge in [-0.25, -0.2) is 0 Å². The van der Waals surface area contributed by atoms with Gasteiger partial charge in [-0.05, 0) is 12.1 Å². The monoisotopic (exact) mass is 160 g/mol. The van der Waals surface area contributed by atoms with Crippen molar-refractivity contribution in [2.45, 2.75) is 0 Å². The molecule has 60 valence electrons. The topological polar surface area (TPSA) is 33.2 Å². The Balaban J connectivity index is 2.67. The van der Waals surface area contributed by atoms with E-state index >= 15 is 0 Å². The molecule has 12 heavy (non-hydrogen) atoms. The fraction of sp³-hybridized carbons (Fsp3) is 0.111. The van der Waals surface area contributed by atoms with Crippen LogP contribution in [0.1, 0.15) is 16.1 Å². The molecule has 0 spiro atoms. The van der Waals surface area contributed by atoms with E-state index in [0.717, 1.165) is 0 Å². The molecule has 0 fully saturated rings. The SMILES string of the molecule is C=C1c2ncccc2C(=O)N1C. The van der Waals surface area contributed by atoms with Crippen molar-refractivity contribution >= 4 is 11.6 Å². The first-order chi connectivity index (χ1) is 5.72. The Labute approximate surface area is 70.3 Å². The second kappa shape index (κ2) is 2.17. The van der Waals surface area contributed by atoms with E-state index in [2.05, 4.69) is 11.6 Å². The Morgan fingerprint density at radius 2 is 2.33 bits per heavy atom. The van der Waals surface area contributed by atoms with Gasteiger partial charge in [0.1, 0.15) is 0 Å². The summed E-state index contributed by atoms with van der Waals surface area (Å²) >= 11 is 0. The minimum atomic E-state index is -0.0249. The summed E-state index contributed by atoms with van der Waals surface area (Å²) in [6, 6.07) is 3.52. The van der Waals surface area contributed by atoms with Crippen molar-refractivity contribution in [1.29, 1.82) is 0 Å². The average molecular weight is 160 g/mol. The molecule has 2 heterocycles. The summed E-state index contributed by atoms with van der Waals surface area (Å²) in [6.45, 7) is 3.77. The van der Waals surface area contributed by atoms with Gasteiger partial charge in [0.2, 0.25) is 0 Å². The molecule has 1 aliphatic rings. The van der Waals surface area contributed by atoms with E-state index in [9.17, 15) is 4.79 Å². The molecule has 0 aromatic carbocycles. The lowest BCUT2D eigenvalue weighted by Crippen LogP contribution is -2.16. The minimum Gasteiger partial charge on any atom is -0.310 e. The highest BCUT2D eigenvalue weighted by atomic mass is 16.2. The number of aromatic nitrogens is 1. The Kier molecular flexibility index (Phi) is 1.27. The number of hydrogen-bond acceptors (Lipinski definition) is 2. The highest BCUT2D eigenvalue weighted by molar-refractivity contribution is 6.07. The van der Waals surface area contributed by atoms with Crippen LogP contribution in [0.5, 0.6) is 0 Å². The maximum atomic E-state index is 11.4. The summed E-state index contributed by atoms with van der Waals surface area (Å²) in [4.78, 5) is 17.0. The molecular weight excluding hydrogens is 152 g/mol. The first kappa shape index (κ1) is 7.03. The lowest BCUT2D eigenvalue weighted by molar-refractivity contribution is 0.0875. The fourth-order valence-electron chi connectivity index (χ4n) is 1.27. The zero-order chi connectivity index (χ0) is 8.72. The number of fused-ring (bicyclic) bond motifs is 1. The van der Waals surface area contributed by atoms with Gasteiger partial charge in [0.25, 0.3) is 5.91 Å². The van der Waals surface area contributed by atoms with Crippen molar-refractivity contribution in [1.82, 2.24) is 9.88 Å². The Hall–Kier alpha value is -1.64. The third-order valence-electron chi connectivity index (χ3n) is 2.02. The molecule has 0 saturated heterocycles. The second-order valence-electron chi connectivity index (χ2n) is 2.71. The predicted molar refractivity (Wildman–Crippen MR) is 45.4 cm³/mol. The van der Waals surface area contributed by atoms with Crippen LogP contribution in [0, 0.1) is 0 Å². The molecule has 1 aromatic heterocycles. The number of amides is 1. The first-order valence-electron chi connectivity index (χ1n) is 3.64. The van der Waals surface area contributed by atoms with Gasteiger partial charge >= 0.3 is 0 Å². The number of carbonyl (C=O) groups excluding carboxylic acids is 1. The van der Waals surface area contributed by atoms with Crippen molar-refractivity contribution in [2.75, 3.05) is 7.05 Å². The largest absolute Gasteiger partial charge is 0.310 e. The molecule has 1 amide bonds. The van der Waals surface area contributed by atoms with E-state index in [-0.39, 0.29) is 5.91 Å². The maximum Gasteiger partial charge on any atom is 0.260 e. The molecule has 0 radical (unpaired) electrons. The summed E-state index contributed by atoms with van der Waals surface area (Å²) in [5.41, 5.74) is 2.02. The summed E-state index contributed by atoms with van der Waals surface area (Å²) in [5.74, 6) is -0.0249. The highest BCUT2D eigenvalue weighted by Crippen LogP contribution is 2.27. The number of rotatable bonds is 0. The van der Waals surface area contributed by atoms with E-state index in [4.69, 9.17) is 0 Å². The van der Waals surface area contributed by atoms with Gasteiger partial charge in [-0.2, -0.15) is 0 Å². The third-order valence-corrected chi connectivity index (χ3v) is 2.02. The van der Waals surface area contributed by atoms with Crippen LogP contribution in [0.3, 0.4) is 0 Å². The number of nitrogens with zero attached hydrogens (tertiary/aromatic N) is 2. The van der Waals surface area contributed by atoms with Crippen LogP contribution in [0.15, 0.2) is 24.9 Å². The molecule has 2 rings (SSSR count). The quantitative estimate of drug-likeness (QED) is 0.570. The molecule has 1 aliphatic heterocycles. The number of carbonyl (C=O) groups is 1. The number of pyridine rings is 1. The molecular formula is C9H8N2O. The van der Waals surface area contributed by atoms with E-state index in [0.29, 0.717) is 17.0 Å². The van der Waals surface area contributed by atoms with Crippen LogP contribution in [0.2, 0.25) is 0 Å². The van der Waals surface area contributed by atoms with Gasteiger partial charge in [-0.15, -0.1) is 0 Å². The highest BCUT2D eigenvalue weighted by Gasteiger charge is 2.28. The van der Waals surface area contributed by atoms with Gasteiger partial charge in [0.15, 0.2) is 0 Å². The summed E-state index contributed by atoms with van der Waals surface area (Å²) in [7, 11) is 1.70. The fourth-order valence-corrected chi connectivity index (χ4v) is 1.27. The molecule has 0 aliphatic carbocycles. The maximum absolute atomic E-state index is 11.4. The van der Waals surface area contributed by atoms with Crippen molar-refractivity contribution in [3.05, 3.63) is 36.2 Å². The normalized spacial score (nSPS) is 15.2. The van der Waals surface area contributed by atoms with Crippen LogP contribution in [-0.2, 0) is 0 Å². The van der Waals surface area contributed by atoms with Crippen molar-refractivity contribution in [3.8, 4) is 0 Å².